The van der Waals surface area contributed by atoms with Crippen LogP contribution in [0.3, 0.4) is 0 Å². The average Bonchev–Trinajstić information content (AvgIpc) is 2.39. The van der Waals surface area contributed by atoms with Gasteiger partial charge in [-0.25, -0.2) is 4.39 Å². The van der Waals surface area contributed by atoms with Crippen molar-refractivity contribution in [3.63, 3.8) is 0 Å². The van der Waals surface area contributed by atoms with E-state index in [1.165, 1.54) is 12.1 Å². The molecule has 0 aromatic heterocycles. The van der Waals surface area contributed by atoms with Gasteiger partial charge < -0.3 is 5.32 Å². The fourth-order valence-corrected chi connectivity index (χ4v) is 1.82. The predicted molar refractivity (Wildman–Crippen MR) is 74.9 cm³/mol. The van der Waals surface area contributed by atoms with Gasteiger partial charge in [-0.15, -0.1) is 0 Å². The van der Waals surface area contributed by atoms with Gasteiger partial charge in [0.05, 0.1) is 5.56 Å². The van der Waals surface area contributed by atoms with Crippen LogP contribution < -0.4 is 5.32 Å². The molecule has 1 amide bonds. The van der Waals surface area contributed by atoms with E-state index in [-0.39, 0.29) is 5.56 Å². The highest BCUT2D eigenvalue weighted by Gasteiger charge is 2.11. The number of carbonyl (C=O) groups is 1. The van der Waals surface area contributed by atoms with E-state index in [0.29, 0.717) is 11.6 Å². The average molecular weight is 257 g/mol. The lowest BCUT2D eigenvalue weighted by atomic mass is 10.0. The van der Waals surface area contributed by atoms with Crippen molar-refractivity contribution in [2.24, 2.45) is 0 Å². The maximum Gasteiger partial charge on any atom is 0.258 e. The molecule has 2 aromatic carbocycles. The van der Waals surface area contributed by atoms with Crippen LogP contribution in [0.25, 0.3) is 0 Å². The Morgan fingerprint density at radius 2 is 1.84 bits per heavy atom. The molecule has 1 N–H and O–H groups in total. The zero-order valence-electron chi connectivity index (χ0n) is 11.0. The van der Waals surface area contributed by atoms with Crippen molar-refractivity contribution >= 4 is 11.6 Å². The molecule has 0 spiro atoms. The third-order valence-corrected chi connectivity index (χ3v) is 2.93. The van der Waals surface area contributed by atoms with E-state index >= 15 is 0 Å². The molecule has 2 aromatic rings. The van der Waals surface area contributed by atoms with Crippen LogP contribution in [-0.2, 0) is 0 Å². The Morgan fingerprint density at radius 1 is 1.11 bits per heavy atom. The molecule has 0 aliphatic carbocycles. The van der Waals surface area contributed by atoms with Crippen LogP contribution in [0, 0.1) is 5.82 Å². The highest BCUT2D eigenvalue weighted by Crippen LogP contribution is 2.19. The summed E-state index contributed by atoms with van der Waals surface area (Å²) in [6.45, 7) is 4.16. The van der Waals surface area contributed by atoms with Crippen molar-refractivity contribution in [2.75, 3.05) is 5.32 Å². The van der Waals surface area contributed by atoms with E-state index in [2.05, 4.69) is 19.2 Å². The normalized spacial score (nSPS) is 10.5. The molecular weight excluding hydrogens is 241 g/mol. The Labute approximate surface area is 112 Å². The Kier molecular flexibility index (Phi) is 3.95. The molecule has 0 atom stereocenters. The fourth-order valence-electron chi connectivity index (χ4n) is 1.82. The number of amides is 1. The van der Waals surface area contributed by atoms with Crippen molar-refractivity contribution in [1.29, 1.82) is 0 Å². The molecular formula is C16H16FNO. The number of hydrogen-bond donors (Lipinski definition) is 1. The van der Waals surface area contributed by atoms with Crippen molar-refractivity contribution in [2.45, 2.75) is 19.8 Å². The highest BCUT2D eigenvalue weighted by atomic mass is 19.1. The van der Waals surface area contributed by atoms with Crippen molar-refractivity contribution < 1.29 is 9.18 Å². The number of nitrogens with one attached hydrogen (secondary N) is 1. The molecule has 0 saturated heterocycles. The van der Waals surface area contributed by atoms with Crippen LogP contribution in [0.5, 0.6) is 0 Å². The minimum absolute atomic E-state index is 0.0532. The summed E-state index contributed by atoms with van der Waals surface area (Å²) in [5.41, 5.74) is 1.86. The van der Waals surface area contributed by atoms with Crippen molar-refractivity contribution in [3.05, 3.63) is 65.5 Å². The topological polar surface area (TPSA) is 29.1 Å². The summed E-state index contributed by atoms with van der Waals surface area (Å²) in [7, 11) is 0. The molecule has 0 aliphatic rings. The quantitative estimate of drug-likeness (QED) is 0.877. The molecule has 0 aliphatic heterocycles. The van der Waals surface area contributed by atoms with E-state index in [0.717, 1.165) is 5.56 Å². The van der Waals surface area contributed by atoms with E-state index in [1.807, 2.05) is 18.2 Å². The summed E-state index contributed by atoms with van der Waals surface area (Å²) in [5, 5.41) is 2.72. The van der Waals surface area contributed by atoms with Gasteiger partial charge in [0.2, 0.25) is 0 Å². The van der Waals surface area contributed by atoms with Gasteiger partial charge in [-0.1, -0.05) is 38.1 Å². The Morgan fingerprint density at radius 3 is 2.53 bits per heavy atom. The lowest BCUT2D eigenvalue weighted by Gasteiger charge is -2.10. The summed E-state index contributed by atoms with van der Waals surface area (Å²) in [4.78, 5) is 12.0. The van der Waals surface area contributed by atoms with Crippen molar-refractivity contribution in [1.82, 2.24) is 0 Å². The molecule has 98 valence electrons. The Balaban J connectivity index is 2.20. The maximum absolute atomic E-state index is 13.5. The van der Waals surface area contributed by atoms with Crippen LogP contribution in [0.2, 0.25) is 0 Å². The Bertz CT molecular complexity index is 593. The van der Waals surface area contributed by atoms with Crippen LogP contribution in [-0.4, -0.2) is 5.91 Å². The molecule has 0 fully saturated rings. The molecule has 0 heterocycles. The minimum atomic E-state index is -0.514. The second kappa shape index (κ2) is 5.65. The number of anilines is 1. The standard InChI is InChI=1S/C16H16FNO/c1-11(2)12-6-5-7-13(10-12)18-16(19)14-8-3-4-9-15(14)17/h3-11H,1-2H3,(H,18,19). The van der Waals surface area contributed by atoms with Crippen LogP contribution in [0.1, 0.15) is 35.7 Å². The first-order valence-corrected chi connectivity index (χ1v) is 6.24. The number of halogens is 1. The van der Waals surface area contributed by atoms with Gasteiger partial charge in [-0.2, -0.15) is 0 Å². The highest BCUT2D eigenvalue weighted by molar-refractivity contribution is 6.04. The van der Waals surface area contributed by atoms with Crippen LogP contribution in [0.15, 0.2) is 48.5 Å². The Hall–Kier alpha value is -2.16. The van der Waals surface area contributed by atoms with E-state index < -0.39 is 11.7 Å². The van der Waals surface area contributed by atoms with Gasteiger partial charge in [-0.05, 0) is 35.7 Å². The minimum Gasteiger partial charge on any atom is -0.322 e. The zero-order chi connectivity index (χ0) is 13.8. The maximum atomic E-state index is 13.5. The third-order valence-electron chi connectivity index (χ3n) is 2.93. The SMILES string of the molecule is CC(C)c1cccc(NC(=O)c2ccccc2F)c1. The van der Waals surface area contributed by atoms with Gasteiger partial charge in [0.25, 0.3) is 5.91 Å². The summed E-state index contributed by atoms with van der Waals surface area (Å²) in [6, 6.07) is 13.5. The summed E-state index contributed by atoms with van der Waals surface area (Å²) in [5.74, 6) is -0.565. The van der Waals surface area contributed by atoms with E-state index in [9.17, 15) is 9.18 Å². The number of rotatable bonds is 3. The molecule has 0 bridgehead atoms. The monoisotopic (exact) mass is 257 g/mol. The second-order valence-corrected chi connectivity index (χ2v) is 4.71. The molecule has 0 saturated carbocycles. The van der Waals surface area contributed by atoms with Crippen molar-refractivity contribution in [3.8, 4) is 0 Å². The summed E-state index contributed by atoms with van der Waals surface area (Å²) in [6.07, 6.45) is 0. The van der Waals surface area contributed by atoms with Gasteiger partial charge in [0.15, 0.2) is 0 Å². The molecule has 19 heavy (non-hydrogen) atoms. The summed E-state index contributed by atoms with van der Waals surface area (Å²) >= 11 is 0. The van der Waals surface area contributed by atoms with Crippen LogP contribution in [0.4, 0.5) is 10.1 Å². The predicted octanol–water partition coefficient (Wildman–Crippen LogP) is 4.20. The summed E-state index contributed by atoms with van der Waals surface area (Å²) < 4.78 is 13.5. The number of hydrogen-bond acceptors (Lipinski definition) is 1. The molecule has 0 unspecified atom stereocenters. The van der Waals surface area contributed by atoms with E-state index in [1.54, 1.807) is 18.2 Å². The van der Waals surface area contributed by atoms with E-state index in [4.69, 9.17) is 0 Å². The molecule has 2 rings (SSSR count). The second-order valence-electron chi connectivity index (χ2n) is 4.71. The first-order chi connectivity index (χ1) is 9.08. The zero-order valence-corrected chi connectivity index (χ0v) is 11.0. The van der Waals surface area contributed by atoms with Gasteiger partial charge in [0.1, 0.15) is 5.82 Å². The van der Waals surface area contributed by atoms with Gasteiger partial charge in [0, 0.05) is 5.69 Å². The van der Waals surface area contributed by atoms with Crippen LogP contribution >= 0.6 is 0 Å². The number of carbonyl (C=O) groups excluding carboxylic acids is 1. The third kappa shape index (κ3) is 3.19. The fraction of sp³-hybridized carbons (Fsp3) is 0.188. The number of benzene rings is 2. The molecule has 3 heteroatoms. The molecule has 2 nitrogen and oxygen atoms in total. The smallest absolute Gasteiger partial charge is 0.258 e. The first kappa shape index (κ1) is 13.3. The van der Waals surface area contributed by atoms with Gasteiger partial charge in [-0.3, -0.25) is 4.79 Å². The first-order valence-electron chi connectivity index (χ1n) is 6.24. The van der Waals surface area contributed by atoms with Gasteiger partial charge >= 0.3 is 0 Å². The molecule has 0 radical (unpaired) electrons. The largest absolute Gasteiger partial charge is 0.322 e. The lowest BCUT2D eigenvalue weighted by molar-refractivity contribution is 0.102. The lowest BCUT2D eigenvalue weighted by Crippen LogP contribution is -2.13.